The van der Waals surface area contributed by atoms with E-state index < -0.39 is 11.7 Å². The van der Waals surface area contributed by atoms with Gasteiger partial charge in [0.1, 0.15) is 12.2 Å². The molecule has 1 heterocycles. The lowest BCUT2D eigenvalue weighted by molar-refractivity contribution is -0.137. The Morgan fingerprint density at radius 2 is 1.67 bits per heavy atom. The number of benzene rings is 2. The molecule has 2 aromatic carbocycles. The second-order valence-electron chi connectivity index (χ2n) is 7.45. The van der Waals surface area contributed by atoms with Crippen molar-refractivity contribution in [2.24, 2.45) is 5.92 Å². The monoisotopic (exact) mass is 415 g/mol. The van der Waals surface area contributed by atoms with Crippen molar-refractivity contribution >= 4 is 11.5 Å². The number of alkyl halides is 3. The molecule has 0 saturated carbocycles. The molecule has 0 bridgehead atoms. The van der Waals surface area contributed by atoms with Gasteiger partial charge in [-0.15, -0.1) is 0 Å². The van der Waals surface area contributed by atoms with Crippen LogP contribution in [-0.4, -0.2) is 17.0 Å². The first kappa shape index (κ1) is 21.6. The summed E-state index contributed by atoms with van der Waals surface area (Å²) in [6, 6.07) is 16.6. The summed E-state index contributed by atoms with van der Waals surface area (Å²) in [5.41, 5.74) is 1.59. The molecular weight excluding hydrogens is 391 g/mol. The maximum atomic E-state index is 13.7. The zero-order valence-electron chi connectivity index (χ0n) is 17.1. The first-order valence-electron chi connectivity index (χ1n) is 9.68. The van der Waals surface area contributed by atoms with Crippen LogP contribution < -0.4 is 9.64 Å². The van der Waals surface area contributed by atoms with E-state index in [1.807, 2.05) is 42.5 Å². The molecule has 1 aromatic heterocycles. The van der Waals surface area contributed by atoms with E-state index in [2.05, 4.69) is 23.8 Å². The molecule has 0 aliphatic carbocycles. The molecule has 0 atom stereocenters. The number of aromatic nitrogens is 2. The Labute approximate surface area is 174 Å². The van der Waals surface area contributed by atoms with Gasteiger partial charge in [-0.3, -0.25) is 0 Å². The summed E-state index contributed by atoms with van der Waals surface area (Å²) in [6.07, 6.45) is -3.07. The third-order valence-corrected chi connectivity index (χ3v) is 4.56. The van der Waals surface area contributed by atoms with Crippen molar-refractivity contribution in [1.29, 1.82) is 0 Å². The van der Waals surface area contributed by atoms with Gasteiger partial charge in [-0.25, -0.2) is 4.98 Å². The van der Waals surface area contributed by atoms with Crippen LogP contribution in [0, 0.1) is 5.92 Å². The van der Waals surface area contributed by atoms with E-state index in [-0.39, 0.29) is 18.4 Å². The van der Waals surface area contributed by atoms with Crippen molar-refractivity contribution in [1.82, 2.24) is 9.97 Å². The summed E-state index contributed by atoms with van der Waals surface area (Å²) in [4.78, 5) is 9.37. The third-order valence-electron chi connectivity index (χ3n) is 4.56. The molecule has 4 nitrogen and oxygen atoms in total. The highest BCUT2D eigenvalue weighted by atomic mass is 19.4. The molecule has 0 unspecified atom stereocenters. The smallest absolute Gasteiger partial charge is 0.421 e. The van der Waals surface area contributed by atoms with Gasteiger partial charge in [-0.05, 0) is 29.5 Å². The summed E-state index contributed by atoms with van der Waals surface area (Å²) < 4.78 is 46.6. The molecule has 0 N–H and O–H groups in total. The largest absolute Gasteiger partial charge is 0.459 e. The average molecular weight is 415 g/mol. The van der Waals surface area contributed by atoms with Crippen molar-refractivity contribution in [3.8, 4) is 6.01 Å². The van der Waals surface area contributed by atoms with Gasteiger partial charge in [0.15, 0.2) is 5.82 Å². The van der Waals surface area contributed by atoms with Crippen molar-refractivity contribution in [2.75, 3.05) is 11.9 Å². The topological polar surface area (TPSA) is 38.2 Å². The number of ether oxygens (including phenoxy) is 1. The zero-order valence-corrected chi connectivity index (χ0v) is 17.1. The van der Waals surface area contributed by atoms with Crippen LogP contribution in [0.5, 0.6) is 6.01 Å². The molecule has 0 aliphatic heterocycles. The molecular formula is C23H24F3N3O. The van der Waals surface area contributed by atoms with Gasteiger partial charge in [0.25, 0.3) is 0 Å². The Bertz CT molecular complexity index is 975. The fraction of sp³-hybridized carbons (Fsp3) is 0.304. The first-order chi connectivity index (χ1) is 14.3. The molecule has 30 heavy (non-hydrogen) atoms. The number of hydrogen-bond donors (Lipinski definition) is 0. The highest BCUT2D eigenvalue weighted by molar-refractivity contribution is 5.66. The van der Waals surface area contributed by atoms with Gasteiger partial charge >= 0.3 is 12.2 Å². The number of nitrogens with zero attached hydrogens (tertiary/aromatic N) is 3. The van der Waals surface area contributed by atoms with Gasteiger partial charge in [0, 0.05) is 18.9 Å². The molecule has 0 fully saturated rings. The van der Waals surface area contributed by atoms with Crippen LogP contribution in [0.3, 0.4) is 0 Å². The Hall–Kier alpha value is -3.09. The fourth-order valence-corrected chi connectivity index (χ4v) is 3.17. The summed E-state index contributed by atoms with van der Waals surface area (Å²) in [7, 11) is 1.58. The second-order valence-corrected chi connectivity index (χ2v) is 7.45. The van der Waals surface area contributed by atoms with E-state index in [4.69, 9.17) is 4.74 Å². The predicted molar refractivity (Wildman–Crippen MR) is 111 cm³/mol. The second kappa shape index (κ2) is 9.15. The first-order valence-corrected chi connectivity index (χ1v) is 9.68. The van der Waals surface area contributed by atoms with Crippen molar-refractivity contribution < 1.29 is 17.9 Å². The van der Waals surface area contributed by atoms with Gasteiger partial charge in [0.2, 0.25) is 0 Å². The summed E-state index contributed by atoms with van der Waals surface area (Å²) in [5, 5.41) is 0. The van der Waals surface area contributed by atoms with Gasteiger partial charge in [-0.2, -0.15) is 18.2 Å². The number of halogens is 3. The summed E-state index contributed by atoms with van der Waals surface area (Å²) in [6.45, 7) is 4.30. The molecule has 158 valence electrons. The van der Waals surface area contributed by atoms with Crippen molar-refractivity contribution in [3.05, 3.63) is 77.5 Å². The zero-order chi connectivity index (χ0) is 21.7. The standard InChI is InChI=1S/C23H24F3N3O/c1-16(2)13-18-11-7-8-12-20(18)29(3)21-19(23(24,25)26)14-27-22(28-21)30-15-17-9-5-4-6-10-17/h4-12,14,16H,13,15H2,1-3H3. The van der Waals surface area contributed by atoms with Crippen LogP contribution in [-0.2, 0) is 19.2 Å². The van der Waals surface area contributed by atoms with E-state index in [0.717, 1.165) is 23.7 Å². The minimum absolute atomic E-state index is 0.102. The van der Waals surface area contributed by atoms with Crippen molar-refractivity contribution in [2.45, 2.75) is 33.1 Å². The molecule has 3 aromatic rings. The molecule has 0 amide bonds. The van der Waals surface area contributed by atoms with Crippen LogP contribution in [0.4, 0.5) is 24.7 Å². The van der Waals surface area contributed by atoms with Crippen LogP contribution in [0.25, 0.3) is 0 Å². The van der Waals surface area contributed by atoms with E-state index in [1.54, 1.807) is 19.2 Å². The molecule has 0 aliphatic rings. The lowest BCUT2D eigenvalue weighted by Crippen LogP contribution is -2.20. The molecule has 7 heteroatoms. The Morgan fingerprint density at radius 3 is 2.33 bits per heavy atom. The summed E-state index contributed by atoms with van der Waals surface area (Å²) >= 11 is 0. The molecule has 0 radical (unpaired) electrons. The lowest BCUT2D eigenvalue weighted by atomic mass is 10.0. The fourth-order valence-electron chi connectivity index (χ4n) is 3.17. The normalized spacial score (nSPS) is 11.6. The van der Waals surface area contributed by atoms with E-state index in [0.29, 0.717) is 11.6 Å². The minimum atomic E-state index is -4.59. The van der Waals surface area contributed by atoms with E-state index in [9.17, 15) is 13.2 Å². The van der Waals surface area contributed by atoms with Gasteiger partial charge in [0.05, 0.1) is 0 Å². The molecule has 0 spiro atoms. The highest BCUT2D eigenvalue weighted by Crippen LogP contribution is 2.38. The van der Waals surface area contributed by atoms with Gasteiger partial charge < -0.3 is 9.64 Å². The highest BCUT2D eigenvalue weighted by Gasteiger charge is 2.37. The number of hydrogen-bond acceptors (Lipinski definition) is 4. The molecule has 0 saturated heterocycles. The maximum Gasteiger partial charge on any atom is 0.421 e. The number of para-hydroxylation sites is 1. The van der Waals surface area contributed by atoms with Gasteiger partial charge in [-0.1, -0.05) is 62.4 Å². The average Bonchev–Trinajstić information content (AvgIpc) is 2.71. The Kier molecular flexibility index (Phi) is 6.59. The van der Waals surface area contributed by atoms with Crippen LogP contribution in [0.15, 0.2) is 60.8 Å². The van der Waals surface area contributed by atoms with Crippen LogP contribution in [0.1, 0.15) is 30.5 Å². The summed E-state index contributed by atoms with van der Waals surface area (Å²) in [5.74, 6) is 0.119. The number of anilines is 2. The number of rotatable bonds is 7. The third kappa shape index (κ3) is 5.28. The van der Waals surface area contributed by atoms with Crippen LogP contribution in [0.2, 0.25) is 0 Å². The quantitative estimate of drug-likeness (QED) is 0.471. The predicted octanol–water partition coefficient (Wildman–Crippen LogP) is 6.04. The van der Waals surface area contributed by atoms with E-state index >= 15 is 0 Å². The van der Waals surface area contributed by atoms with Crippen molar-refractivity contribution in [3.63, 3.8) is 0 Å². The van der Waals surface area contributed by atoms with E-state index in [1.165, 1.54) is 4.90 Å². The Balaban J connectivity index is 1.97. The lowest BCUT2D eigenvalue weighted by Gasteiger charge is -2.25. The molecule has 3 rings (SSSR count). The maximum absolute atomic E-state index is 13.7. The SMILES string of the molecule is CC(C)Cc1ccccc1N(C)c1nc(OCc2ccccc2)ncc1C(F)(F)F. The van der Waals surface area contributed by atoms with Crippen LogP contribution >= 0.6 is 0 Å². The minimum Gasteiger partial charge on any atom is -0.459 e. The Morgan fingerprint density at radius 1 is 1.00 bits per heavy atom.